The van der Waals surface area contributed by atoms with E-state index in [1.165, 1.54) is 12.1 Å². The number of rotatable bonds is 3. The quantitative estimate of drug-likeness (QED) is 0.450. The third-order valence-electron chi connectivity index (χ3n) is 3.95. The van der Waals surface area contributed by atoms with Crippen LogP contribution in [0.4, 0.5) is 5.82 Å². The highest BCUT2D eigenvalue weighted by molar-refractivity contribution is 6.37. The lowest BCUT2D eigenvalue weighted by Gasteiger charge is -2.12. The minimum Gasteiger partial charge on any atom is -0.454 e. The lowest BCUT2D eigenvalue weighted by atomic mass is 10.2. The fourth-order valence-electron chi connectivity index (χ4n) is 2.61. The number of nitrogens with one attached hydrogen (secondary N) is 2. The highest BCUT2D eigenvalue weighted by Gasteiger charge is 2.15. The number of nitrogen functional groups attached to an aromatic ring is 1. The van der Waals surface area contributed by atoms with Crippen molar-refractivity contribution in [1.82, 2.24) is 25.0 Å². The van der Waals surface area contributed by atoms with Crippen molar-refractivity contribution >= 4 is 39.9 Å². The van der Waals surface area contributed by atoms with Gasteiger partial charge in [0.05, 0.1) is 21.2 Å². The lowest BCUT2D eigenvalue weighted by molar-refractivity contribution is 0.483. The standard InChI is InChI=1S/C17H9Cl2N7O3/c18-10-3-7(26-17(28)22-16(27)13(6-20)25-26)4-11(19)14(10)29-8-1-2-12-9(5-8)15(21)24-23-12/h1-5H,(H3,21,23,24)(H,22,27,28). The zero-order valence-electron chi connectivity index (χ0n) is 14.2. The van der Waals surface area contributed by atoms with E-state index >= 15 is 0 Å². The van der Waals surface area contributed by atoms with Crippen LogP contribution in [-0.2, 0) is 0 Å². The molecule has 0 saturated heterocycles. The van der Waals surface area contributed by atoms with Crippen molar-refractivity contribution < 1.29 is 4.74 Å². The second-order valence-electron chi connectivity index (χ2n) is 5.79. The van der Waals surface area contributed by atoms with Gasteiger partial charge in [0.15, 0.2) is 11.6 Å². The van der Waals surface area contributed by atoms with Crippen LogP contribution >= 0.6 is 23.2 Å². The summed E-state index contributed by atoms with van der Waals surface area (Å²) >= 11 is 12.6. The van der Waals surface area contributed by atoms with Crippen LogP contribution in [0.25, 0.3) is 16.6 Å². The average Bonchev–Trinajstić information content (AvgIpc) is 3.05. The molecule has 2 aromatic carbocycles. The molecule has 0 aliphatic heterocycles. The van der Waals surface area contributed by atoms with Crippen LogP contribution in [0, 0.1) is 11.3 Å². The Hall–Kier alpha value is -3.81. The topological polar surface area (TPSA) is 155 Å². The Morgan fingerprint density at radius 2 is 1.90 bits per heavy atom. The molecule has 0 unspecified atom stereocenters. The van der Waals surface area contributed by atoms with Gasteiger partial charge in [-0.25, -0.2) is 4.79 Å². The van der Waals surface area contributed by atoms with Crippen molar-refractivity contribution in [2.75, 3.05) is 5.73 Å². The van der Waals surface area contributed by atoms with E-state index in [9.17, 15) is 9.59 Å². The van der Waals surface area contributed by atoms with Gasteiger partial charge in [0.2, 0.25) is 5.69 Å². The molecule has 2 heterocycles. The number of benzene rings is 2. The predicted molar refractivity (Wildman–Crippen MR) is 106 cm³/mol. The maximum Gasteiger partial charge on any atom is 0.349 e. The summed E-state index contributed by atoms with van der Waals surface area (Å²) in [7, 11) is 0. The molecule has 12 heteroatoms. The number of aromatic nitrogens is 5. The first kappa shape index (κ1) is 18.5. The van der Waals surface area contributed by atoms with Crippen LogP contribution in [0.1, 0.15) is 5.69 Å². The Labute approximate surface area is 171 Å². The Bertz CT molecular complexity index is 1410. The largest absolute Gasteiger partial charge is 0.454 e. The van der Waals surface area contributed by atoms with Gasteiger partial charge in [0, 0.05) is 5.39 Å². The monoisotopic (exact) mass is 429 g/mol. The summed E-state index contributed by atoms with van der Waals surface area (Å²) < 4.78 is 6.58. The molecule has 0 saturated carbocycles. The zero-order chi connectivity index (χ0) is 20.7. The number of nitriles is 1. The molecule has 0 amide bonds. The number of hydrogen-bond acceptors (Lipinski definition) is 7. The first-order valence-electron chi connectivity index (χ1n) is 7.92. The average molecular weight is 430 g/mol. The van der Waals surface area contributed by atoms with E-state index in [1.807, 2.05) is 4.98 Å². The molecule has 0 spiro atoms. The van der Waals surface area contributed by atoms with Gasteiger partial charge in [0.25, 0.3) is 5.56 Å². The summed E-state index contributed by atoms with van der Waals surface area (Å²) in [4.78, 5) is 25.5. The summed E-state index contributed by atoms with van der Waals surface area (Å²) in [5, 5.41) is 20.2. The second kappa shape index (κ2) is 6.97. The summed E-state index contributed by atoms with van der Waals surface area (Å²) in [5.41, 5.74) is 4.44. The Morgan fingerprint density at radius 1 is 1.17 bits per heavy atom. The van der Waals surface area contributed by atoms with Crippen LogP contribution in [0.3, 0.4) is 0 Å². The number of H-pyrrole nitrogens is 2. The van der Waals surface area contributed by atoms with E-state index in [4.69, 9.17) is 38.9 Å². The summed E-state index contributed by atoms with van der Waals surface area (Å²) in [6.07, 6.45) is 0. The molecule has 0 aliphatic carbocycles. The highest BCUT2D eigenvalue weighted by Crippen LogP contribution is 2.38. The van der Waals surface area contributed by atoms with E-state index in [0.717, 1.165) is 10.2 Å². The molecule has 0 atom stereocenters. The number of halogens is 2. The van der Waals surface area contributed by atoms with Crippen molar-refractivity contribution in [2.24, 2.45) is 0 Å². The number of nitrogens with zero attached hydrogens (tertiary/aromatic N) is 4. The molecule has 4 aromatic rings. The van der Waals surface area contributed by atoms with E-state index in [1.54, 1.807) is 24.3 Å². The van der Waals surface area contributed by atoms with Crippen LogP contribution < -0.4 is 21.7 Å². The molecule has 4 rings (SSSR count). The van der Waals surface area contributed by atoms with Gasteiger partial charge in [-0.2, -0.15) is 15.0 Å². The van der Waals surface area contributed by atoms with Gasteiger partial charge in [0.1, 0.15) is 11.8 Å². The number of fused-ring (bicyclic) bond motifs is 1. The predicted octanol–water partition coefficient (Wildman–Crippen LogP) is 2.35. The third-order valence-corrected chi connectivity index (χ3v) is 4.51. The lowest BCUT2D eigenvalue weighted by Crippen LogP contribution is -2.33. The van der Waals surface area contributed by atoms with Gasteiger partial charge in [-0.05, 0) is 30.3 Å². The Balaban J connectivity index is 1.76. The maximum atomic E-state index is 12.0. The first-order valence-corrected chi connectivity index (χ1v) is 8.67. The minimum atomic E-state index is -0.889. The molecular weight excluding hydrogens is 421 g/mol. The summed E-state index contributed by atoms with van der Waals surface area (Å²) in [6.45, 7) is 0. The molecule has 0 radical (unpaired) electrons. The van der Waals surface area contributed by atoms with Crippen molar-refractivity contribution in [2.45, 2.75) is 0 Å². The molecule has 10 nitrogen and oxygen atoms in total. The van der Waals surface area contributed by atoms with Crippen LogP contribution in [0.5, 0.6) is 11.5 Å². The number of nitrogens with two attached hydrogens (primary N) is 1. The molecule has 2 aromatic heterocycles. The Morgan fingerprint density at radius 3 is 2.59 bits per heavy atom. The van der Waals surface area contributed by atoms with Crippen molar-refractivity contribution in [3.05, 3.63) is 66.9 Å². The number of anilines is 1. The van der Waals surface area contributed by atoms with Crippen molar-refractivity contribution in [3.8, 4) is 23.3 Å². The molecule has 0 aliphatic rings. The van der Waals surface area contributed by atoms with Crippen molar-refractivity contribution in [3.63, 3.8) is 0 Å². The molecule has 144 valence electrons. The zero-order valence-corrected chi connectivity index (χ0v) is 15.7. The van der Waals surface area contributed by atoms with Gasteiger partial charge in [-0.1, -0.05) is 23.2 Å². The molecular formula is C17H9Cl2N7O3. The summed E-state index contributed by atoms with van der Waals surface area (Å²) in [6, 6.07) is 9.40. The SMILES string of the molecule is N#Cc1nn(-c2cc(Cl)c(Oc3ccc4[nH]nc(N)c4c3)c(Cl)c2)c(=O)[nH]c1=O. The molecule has 4 N–H and O–H groups in total. The van der Waals surface area contributed by atoms with E-state index in [-0.39, 0.29) is 21.5 Å². The number of ether oxygens (including phenoxy) is 1. The molecule has 29 heavy (non-hydrogen) atoms. The van der Waals surface area contributed by atoms with Crippen molar-refractivity contribution in [1.29, 1.82) is 5.26 Å². The normalized spacial score (nSPS) is 10.8. The first-order chi connectivity index (χ1) is 13.9. The van der Waals surface area contributed by atoms with Crippen LogP contribution in [0.15, 0.2) is 39.9 Å². The smallest absolute Gasteiger partial charge is 0.349 e. The van der Waals surface area contributed by atoms with Gasteiger partial charge in [-0.3, -0.25) is 14.9 Å². The summed E-state index contributed by atoms with van der Waals surface area (Å²) in [5.74, 6) is 0.861. The van der Waals surface area contributed by atoms with E-state index in [2.05, 4.69) is 15.3 Å². The second-order valence-corrected chi connectivity index (χ2v) is 6.60. The Kier molecular flexibility index (Phi) is 4.46. The maximum absolute atomic E-state index is 12.0. The van der Waals surface area contributed by atoms with Gasteiger partial charge < -0.3 is 10.5 Å². The van der Waals surface area contributed by atoms with Gasteiger partial charge >= 0.3 is 5.69 Å². The number of aromatic amines is 2. The van der Waals surface area contributed by atoms with Crippen LogP contribution in [-0.4, -0.2) is 25.0 Å². The molecule has 0 fully saturated rings. The number of hydrogen-bond donors (Lipinski definition) is 3. The fraction of sp³-hybridized carbons (Fsp3) is 0. The van der Waals surface area contributed by atoms with Gasteiger partial charge in [-0.15, -0.1) is 5.10 Å². The molecule has 0 bridgehead atoms. The fourth-order valence-corrected chi connectivity index (χ4v) is 3.16. The highest BCUT2D eigenvalue weighted by atomic mass is 35.5. The van der Waals surface area contributed by atoms with Crippen LogP contribution in [0.2, 0.25) is 10.0 Å². The van der Waals surface area contributed by atoms with E-state index in [0.29, 0.717) is 17.0 Å². The minimum absolute atomic E-state index is 0.0752. The van der Waals surface area contributed by atoms with E-state index < -0.39 is 16.9 Å². The third kappa shape index (κ3) is 3.29.